The summed E-state index contributed by atoms with van der Waals surface area (Å²) in [6.07, 6.45) is 1.65. The molecule has 0 radical (unpaired) electrons. The molecule has 2 heterocycles. The maximum absolute atomic E-state index is 11.8. The van der Waals surface area contributed by atoms with Gasteiger partial charge in [-0.15, -0.1) is 0 Å². The van der Waals surface area contributed by atoms with E-state index in [-0.39, 0.29) is 18.9 Å². The molecule has 1 aromatic heterocycles. The van der Waals surface area contributed by atoms with Gasteiger partial charge in [0.05, 0.1) is 23.3 Å². The molecule has 2 N–H and O–H groups in total. The topological polar surface area (TPSA) is 86.3 Å². The smallest absolute Gasteiger partial charge is 0.308 e. The zero-order valence-electron chi connectivity index (χ0n) is 9.46. The third kappa shape index (κ3) is 1.62. The summed E-state index contributed by atoms with van der Waals surface area (Å²) >= 11 is 0. The van der Waals surface area contributed by atoms with Crippen LogP contribution in [0.5, 0.6) is 0 Å². The lowest BCUT2D eigenvalue weighted by Gasteiger charge is -2.15. The maximum Gasteiger partial charge on any atom is 0.308 e. The minimum atomic E-state index is -0.923. The van der Waals surface area contributed by atoms with Gasteiger partial charge in [-0.05, 0) is 18.2 Å². The number of hydrogen-bond acceptors (Lipinski definition) is 3. The molecule has 1 amide bonds. The minimum Gasteiger partial charge on any atom is -0.481 e. The summed E-state index contributed by atoms with van der Waals surface area (Å²) in [5.74, 6) is -1.69. The SMILES string of the molecule is O=C(O)C1CC(=O)N(c2ccc3nc[nH]c3c2)C1. The number of hydrogen-bond donors (Lipinski definition) is 2. The van der Waals surface area contributed by atoms with E-state index in [1.165, 1.54) is 4.90 Å². The van der Waals surface area contributed by atoms with Crippen LogP contribution in [-0.2, 0) is 9.59 Å². The summed E-state index contributed by atoms with van der Waals surface area (Å²) in [5.41, 5.74) is 2.36. The zero-order valence-corrected chi connectivity index (χ0v) is 9.46. The fourth-order valence-corrected chi connectivity index (χ4v) is 2.21. The van der Waals surface area contributed by atoms with Crippen LogP contribution in [0.3, 0.4) is 0 Å². The van der Waals surface area contributed by atoms with Crippen molar-refractivity contribution in [3.8, 4) is 0 Å². The van der Waals surface area contributed by atoms with E-state index in [0.29, 0.717) is 5.69 Å². The van der Waals surface area contributed by atoms with E-state index in [1.807, 2.05) is 12.1 Å². The molecule has 1 fully saturated rings. The minimum absolute atomic E-state index is 0.0658. The lowest BCUT2D eigenvalue weighted by Crippen LogP contribution is -2.25. The molecule has 1 aromatic carbocycles. The van der Waals surface area contributed by atoms with Gasteiger partial charge in [0.1, 0.15) is 0 Å². The van der Waals surface area contributed by atoms with Gasteiger partial charge >= 0.3 is 5.97 Å². The van der Waals surface area contributed by atoms with Gasteiger partial charge in [0.2, 0.25) is 5.91 Å². The predicted molar refractivity (Wildman–Crippen MR) is 64.2 cm³/mol. The summed E-state index contributed by atoms with van der Waals surface area (Å²) in [4.78, 5) is 31.3. The van der Waals surface area contributed by atoms with Crippen LogP contribution in [0.25, 0.3) is 11.0 Å². The number of aromatic amines is 1. The number of benzene rings is 1. The Labute approximate surface area is 102 Å². The Hall–Kier alpha value is -2.37. The maximum atomic E-state index is 11.8. The van der Waals surface area contributed by atoms with Crippen molar-refractivity contribution >= 4 is 28.6 Å². The normalized spacial score (nSPS) is 19.7. The number of carboxylic acid groups (broad SMARTS) is 1. The van der Waals surface area contributed by atoms with Gasteiger partial charge in [-0.3, -0.25) is 9.59 Å². The number of nitrogens with zero attached hydrogens (tertiary/aromatic N) is 2. The molecule has 6 heteroatoms. The second kappa shape index (κ2) is 3.83. The van der Waals surface area contributed by atoms with Crippen LogP contribution in [0, 0.1) is 5.92 Å². The van der Waals surface area contributed by atoms with Crippen molar-refractivity contribution < 1.29 is 14.7 Å². The second-order valence-corrected chi connectivity index (χ2v) is 4.35. The summed E-state index contributed by atoms with van der Waals surface area (Å²) in [5, 5.41) is 8.94. The van der Waals surface area contributed by atoms with Crippen molar-refractivity contribution in [1.82, 2.24) is 9.97 Å². The molecule has 92 valence electrons. The molecular weight excluding hydrogens is 234 g/mol. The molecule has 0 spiro atoms. The highest BCUT2D eigenvalue weighted by Gasteiger charge is 2.35. The van der Waals surface area contributed by atoms with Crippen molar-refractivity contribution in [1.29, 1.82) is 0 Å². The largest absolute Gasteiger partial charge is 0.481 e. The molecule has 1 aliphatic heterocycles. The van der Waals surface area contributed by atoms with Crippen molar-refractivity contribution in [3.05, 3.63) is 24.5 Å². The van der Waals surface area contributed by atoms with Crippen LogP contribution in [0.2, 0.25) is 0 Å². The lowest BCUT2D eigenvalue weighted by molar-refractivity contribution is -0.141. The zero-order chi connectivity index (χ0) is 12.7. The molecule has 0 aliphatic carbocycles. The molecule has 1 atom stereocenters. The number of amides is 1. The van der Waals surface area contributed by atoms with E-state index < -0.39 is 11.9 Å². The van der Waals surface area contributed by atoms with Crippen LogP contribution in [0.1, 0.15) is 6.42 Å². The van der Waals surface area contributed by atoms with Crippen LogP contribution in [0.15, 0.2) is 24.5 Å². The van der Waals surface area contributed by atoms with E-state index in [1.54, 1.807) is 12.4 Å². The van der Waals surface area contributed by atoms with Gasteiger partial charge in [0.25, 0.3) is 0 Å². The Morgan fingerprint density at radius 2 is 2.33 bits per heavy atom. The quantitative estimate of drug-likeness (QED) is 0.826. The van der Waals surface area contributed by atoms with Crippen molar-refractivity contribution in [2.75, 3.05) is 11.4 Å². The van der Waals surface area contributed by atoms with Gasteiger partial charge in [-0.25, -0.2) is 4.98 Å². The Kier molecular flexibility index (Phi) is 2.29. The number of carbonyl (C=O) groups excluding carboxylic acids is 1. The molecule has 18 heavy (non-hydrogen) atoms. The first kappa shape index (κ1) is 10.8. The number of carboxylic acids is 1. The number of aromatic nitrogens is 2. The Bertz CT molecular complexity index is 634. The van der Waals surface area contributed by atoms with Crippen LogP contribution >= 0.6 is 0 Å². The highest BCUT2D eigenvalue weighted by atomic mass is 16.4. The summed E-state index contributed by atoms with van der Waals surface area (Å²) in [7, 11) is 0. The van der Waals surface area contributed by atoms with Crippen LogP contribution < -0.4 is 4.90 Å². The number of anilines is 1. The molecule has 0 saturated carbocycles. The molecule has 3 rings (SSSR count). The van der Waals surface area contributed by atoms with E-state index >= 15 is 0 Å². The van der Waals surface area contributed by atoms with Gasteiger partial charge in [-0.2, -0.15) is 0 Å². The average molecular weight is 245 g/mol. The monoisotopic (exact) mass is 245 g/mol. The first-order chi connectivity index (χ1) is 8.65. The third-order valence-corrected chi connectivity index (χ3v) is 3.19. The summed E-state index contributed by atoms with van der Waals surface area (Å²) in [6, 6.07) is 5.40. The van der Waals surface area contributed by atoms with E-state index in [9.17, 15) is 9.59 Å². The molecular formula is C12H11N3O3. The van der Waals surface area contributed by atoms with E-state index in [2.05, 4.69) is 9.97 Å². The Morgan fingerprint density at radius 3 is 3.06 bits per heavy atom. The molecule has 2 aromatic rings. The number of aliphatic carboxylic acids is 1. The van der Waals surface area contributed by atoms with Crippen LogP contribution in [0.4, 0.5) is 5.69 Å². The first-order valence-electron chi connectivity index (χ1n) is 5.61. The molecule has 1 aliphatic rings. The fourth-order valence-electron chi connectivity index (χ4n) is 2.21. The highest BCUT2D eigenvalue weighted by Crippen LogP contribution is 2.27. The summed E-state index contributed by atoms with van der Waals surface area (Å²) < 4.78 is 0. The van der Waals surface area contributed by atoms with Gasteiger partial charge in [-0.1, -0.05) is 0 Å². The van der Waals surface area contributed by atoms with Crippen molar-refractivity contribution in [2.24, 2.45) is 5.92 Å². The standard InChI is InChI=1S/C12H11N3O3/c16-11-3-7(12(17)18)5-15(11)8-1-2-9-10(4-8)14-6-13-9/h1-2,4,6-7H,3,5H2,(H,13,14)(H,17,18). The Balaban J connectivity index is 1.94. The lowest BCUT2D eigenvalue weighted by atomic mass is 10.1. The number of rotatable bonds is 2. The van der Waals surface area contributed by atoms with Gasteiger partial charge < -0.3 is 15.0 Å². The predicted octanol–water partition coefficient (Wildman–Crippen LogP) is 1.00. The third-order valence-electron chi connectivity index (χ3n) is 3.19. The van der Waals surface area contributed by atoms with Crippen LogP contribution in [-0.4, -0.2) is 33.5 Å². The van der Waals surface area contributed by atoms with Gasteiger partial charge in [0, 0.05) is 18.7 Å². The fraction of sp³-hybridized carbons (Fsp3) is 0.250. The van der Waals surface area contributed by atoms with Crippen molar-refractivity contribution in [2.45, 2.75) is 6.42 Å². The number of nitrogens with one attached hydrogen (secondary N) is 1. The molecule has 1 unspecified atom stereocenters. The first-order valence-corrected chi connectivity index (χ1v) is 5.61. The molecule has 6 nitrogen and oxygen atoms in total. The van der Waals surface area contributed by atoms with Crippen molar-refractivity contribution in [3.63, 3.8) is 0 Å². The highest BCUT2D eigenvalue weighted by molar-refractivity contribution is 6.00. The van der Waals surface area contributed by atoms with Gasteiger partial charge in [0.15, 0.2) is 0 Å². The molecule has 1 saturated heterocycles. The number of fused-ring (bicyclic) bond motifs is 1. The number of H-pyrrole nitrogens is 1. The average Bonchev–Trinajstić information content (AvgIpc) is 2.93. The second-order valence-electron chi connectivity index (χ2n) is 4.35. The summed E-state index contributed by atoms with van der Waals surface area (Å²) in [6.45, 7) is 0.230. The van der Waals surface area contributed by atoms with E-state index in [4.69, 9.17) is 5.11 Å². The Morgan fingerprint density at radius 1 is 1.50 bits per heavy atom. The number of imidazole rings is 1. The number of carbonyl (C=O) groups is 2. The molecule has 0 bridgehead atoms. The van der Waals surface area contributed by atoms with E-state index in [0.717, 1.165) is 11.0 Å².